The molecular weight excluding hydrogens is 380 g/mol. The van der Waals surface area contributed by atoms with E-state index >= 15 is 0 Å². The van der Waals surface area contributed by atoms with Crippen LogP contribution in [0.25, 0.3) is 6.08 Å². The molecule has 3 rings (SSSR count). The maximum absolute atomic E-state index is 12.7. The number of furan rings is 1. The highest BCUT2D eigenvalue weighted by molar-refractivity contribution is 5.95. The maximum Gasteiger partial charge on any atom is 0.244 e. The minimum Gasteiger partial charge on any atom is -0.497 e. The SMILES string of the molecule is COc1ccc(/C=C/C(=O)NC(C)C(=O)NC(c2ccccc2)c2ccco2)cc1. The summed E-state index contributed by atoms with van der Waals surface area (Å²) in [7, 11) is 1.60. The number of hydrogen-bond donors (Lipinski definition) is 2. The monoisotopic (exact) mass is 404 g/mol. The minimum atomic E-state index is -0.723. The van der Waals surface area contributed by atoms with Crippen molar-refractivity contribution in [2.24, 2.45) is 0 Å². The number of ether oxygens (including phenoxy) is 1. The van der Waals surface area contributed by atoms with E-state index in [1.807, 2.05) is 54.6 Å². The lowest BCUT2D eigenvalue weighted by Crippen LogP contribution is -2.45. The van der Waals surface area contributed by atoms with Gasteiger partial charge in [-0.3, -0.25) is 9.59 Å². The van der Waals surface area contributed by atoms with Crippen LogP contribution in [0.5, 0.6) is 5.75 Å². The van der Waals surface area contributed by atoms with E-state index in [1.165, 1.54) is 6.08 Å². The molecule has 0 spiro atoms. The van der Waals surface area contributed by atoms with Gasteiger partial charge in [0.2, 0.25) is 11.8 Å². The van der Waals surface area contributed by atoms with Crippen LogP contribution in [0.1, 0.15) is 29.9 Å². The Morgan fingerprint density at radius 3 is 2.33 bits per heavy atom. The zero-order valence-electron chi connectivity index (χ0n) is 16.9. The Balaban J connectivity index is 1.61. The first-order chi connectivity index (χ1) is 14.6. The zero-order valence-corrected chi connectivity index (χ0v) is 16.9. The lowest BCUT2D eigenvalue weighted by Gasteiger charge is -2.20. The molecule has 3 aromatic rings. The number of rotatable bonds is 8. The summed E-state index contributed by atoms with van der Waals surface area (Å²) >= 11 is 0. The molecule has 6 nitrogen and oxygen atoms in total. The average molecular weight is 404 g/mol. The number of carbonyl (C=O) groups excluding carboxylic acids is 2. The van der Waals surface area contributed by atoms with Crippen molar-refractivity contribution in [1.29, 1.82) is 0 Å². The highest BCUT2D eigenvalue weighted by Gasteiger charge is 2.22. The predicted molar refractivity (Wildman–Crippen MR) is 115 cm³/mol. The number of methoxy groups -OCH3 is 1. The number of benzene rings is 2. The van der Waals surface area contributed by atoms with Crippen molar-refractivity contribution < 1.29 is 18.7 Å². The van der Waals surface area contributed by atoms with Crippen molar-refractivity contribution in [3.63, 3.8) is 0 Å². The Morgan fingerprint density at radius 2 is 1.70 bits per heavy atom. The third kappa shape index (κ3) is 5.61. The highest BCUT2D eigenvalue weighted by atomic mass is 16.5. The molecule has 30 heavy (non-hydrogen) atoms. The van der Waals surface area contributed by atoms with Crippen molar-refractivity contribution >= 4 is 17.9 Å². The molecule has 0 aliphatic carbocycles. The Kier molecular flexibility index (Phi) is 7.05. The Morgan fingerprint density at radius 1 is 0.967 bits per heavy atom. The van der Waals surface area contributed by atoms with Gasteiger partial charge in [-0.2, -0.15) is 0 Å². The smallest absolute Gasteiger partial charge is 0.244 e. The van der Waals surface area contributed by atoms with E-state index in [9.17, 15) is 9.59 Å². The van der Waals surface area contributed by atoms with Crippen LogP contribution in [-0.2, 0) is 9.59 Å². The van der Waals surface area contributed by atoms with Crippen LogP contribution >= 0.6 is 0 Å². The lowest BCUT2D eigenvalue weighted by atomic mass is 10.0. The van der Waals surface area contributed by atoms with E-state index in [0.29, 0.717) is 5.76 Å². The quantitative estimate of drug-likeness (QED) is 0.561. The summed E-state index contributed by atoms with van der Waals surface area (Å²) in [5.74, 6) is 0.688. The van der Waals surface area contributed by atoms with E-state index in [0.717, 1.165) is 16.9 Å². The average Bonchev–Trinajstić information content (AvgIpc) is 3.31. The van der Waals surface area contributed by atoms with Gasteiger partial charge < -0.3 is 19.8 Å². The van der Waals surface area contributed by atoms with Crippen LogP contribution in [0.15, 0.2) is 83.5 Å². The molecule has 0 aliphatic rings. The van der Waals surface area contributed by atoms with E-state index in [1.54, 1.807) is 38.5 Å². The molecule has 2 unspecified atom stereocenters. The van der Waals surface area contributed by atoms with E-state index in [2.05, 4.69) is 10.6 Å². The first-order valence-electron chi connectivity index (χ1n) is 9.58. The first-order valence-corrected chi connectivity index (χ1v) is 9.58. The molecule has 2 aromatic carbocycles. The summed E-state index contributed by atoms with van der Waals surface area (Å²) < 4.78 is 10.6. The normalized spacial score (nSPS) is 12.9. The molecule has 154 valence electrons. The Hall–Kier alpha value is -3.80. The predicted octanol–water partition coefficient (Wildman–Crippen LogP) is 3.71. The number of carbonyl (C=O) groups is 2. The van der Waals surface area contributed by atoms with Gasteiger partial charge >= 0.3 is 0 Å². The molecule has 0 bridgehead atoms. The van der Waals surface area contributed by atoms with Gasteiger partial charge in [0.25, 0.3) is 0 Å². The largest absolute Gasteiger partial charge is 0.497 e. The zero-order chi connectivity index (χ0) is 21.3. The fraction of sp³-hybridized carbons (Fsp3) is 0.167. The number of nitrogens with one attached hydrogen (secondary N) is 2. The van der Waals surface area contributed by atoms with Crippen LogP contribution in [0.4, 0.5) is 0 Å². The van der Waals surface area contributed by atoms with Crippen molar-refractivity contribution in [3.05, 3.63) is 96.0 Å². The third-order valence-corrected chi connectivity index (χ3v) is 4.54. The Bertz CT molecular complexity index is 980. The van der Waals surface area contributed by atoms with Gasteiger partial charge in [-0.1, -0.05) is 42.5 Å². The van der Waals surface area contributed by atoms with Gasteiger partial charge in [0, 0.05) is 6.08 Å². The van der Waals surface area contributed by atoms with Crippen molar-refractivity contribution in [3.8, 4) is 5.75 Å². The molecule has 1 heterocycles. The van der Waals surface area contributed by atoms with Crippen LogP contribution in [0.3, 0.4) is 0 Å². The molecule has 2 N–H and O–H groups in total. The standard InChI is InChI=1S/C24H24N2O4/c1-17(25-22(27)15-12-18-10-13-20(29-2)14-11-18)24(28)26-23(21-9-6-16-30-21)19-7-4-3-5-8-19/h3-17,23H,1-2H3,(H,25,27)(H,26,28)/b15-12+. The topological polar surface area (TPSA) is 80.6 Å². The summed E-state index contributed by atoms with van der Waals surface area (Å²) in [6, 6.07) is 19.2. The second kappa shape index (κ2) is 10.1. The van der Waals surface area contributed by atoms with Crippen LogP contribution in [0, 0.1) is 0 Å². The second-order valence-electron chi connectivity index (χ2n) is 6.70. The van der Waals surface area contributed by atoms with Crippen LogP contribution in [0.2, 0.25) is 0 Å². The fourth-order valence-electron chi connectivity index (χ4n) is 2.90. The molecule has 1 aromatic heterocycles. The van der Waals surface area contributed by atoms with Gasteiger partial charge in [-0.15, -0.1) is 0 Å². The molecule has 0 saturated carbocycles. The highest BCUT2D eigenvalue weighted by Crippen LogP contribution is 2.22. The third-order valence-electron chi connectivity index (χ3n) is 4.54. The van der Waals surface area contributed by atoms with Gasteiger partial charge in [0.15, 0.2) is 0 Å². The summed E-state index contributed by atoms with van der Waals surface area (Å²) in [6.45, 7) is 1.64. The molecule has 2 amide bonds. The number of amides is 2. The number of hydrogen-bond acceptors (Lipinski definition) is 4. The van der Waals surface area contributed by atoms with Crippen LogP contribution < -0.4 is 15.4 Å². The summed E-state index contributed by atoms with van der Waals surface area (Å²) in [5.41, 5.74) is 1.74. The lowest BCUT2D eigenvalue weighted by molar-refractivity contribution is -0.127. The van der Waals surface area contributed by atoms with Gasteiger partial charge in [0.05, 0.1) is 13.4 Å². The van der Waals surface area contributed by atoms with E-state index < -0.39 is 12.1 Å². The molecule has 0 radical (unpaired) electrons. The van der Waals surface area contributed by atoms with E-state index in [4.69, 9.17) is 9.15 Å². The minimum absolute atomic E-state index is 0.313. The molecule has 6 heteroatoms. The van der Waals surface area contributed by atoms with E-state index in [-0.39, 0.29) is 11.8 Å². The van der Waals surface area contributed by atoms with Crippen molar-refractivity contribution in [1.82, 2.24) is 10.6 Å². The second-order valence-corrected chi connectivity index (χ2v) is 6.70. The summed E-state index contributed by atoms with van der Waals surface area (Å²) in [4.78, 5) is 24.9. The van der Waals surface area contributed by atoms with Gasteiger partial charge in [-0.25, -0.2) is 0 Å². The van der Waals surface area contributed by atoms with Gasteiger partial charge in [-0.05, 0) is 48.4 Å². The van der Waals surface area contributed by atoms with Gasteiger partial charge in [0.1, 0.15) is 23.6 Å². The van der Waals surface area contributed by atoms with Crippen LogP contribution in [-0.4, -0.2) is 25.0 Å². The Labute approximate surface area is 175 Å². The maximum atomic E-state index is 12.7. The molecule has 0 saturated heterocycles. The van der Waals surface area contributed by atoms with Crippen molar-refractivity contribution in [2.75, 3.05) is 7.11 Å². The molecule has 0 fully saturated rings. The fourth-order valence-corrected chi connectivity index (χ4v) is 2.90. The molecule has 2 atom stereocenters. The summed E-state index contributed by atoms with van der Waals surface area (Å²) in [6.07, 6.45) is 4.63. The van der Waals surface area contributed by atoms with Crippen molar-refractivity contribution in [2.45, 2.75) is 19.0 Å². The first kappa shape index (κ1) is 20.9. The molecular formula is C24H24N2O4. The molecule has 0 aliphatic heterocycles. The summed E-state index contributed by atoms with van der Waals surface area (Å²) in [5, 5.41) is 5.62.